The van der Waals surface area contributed by atoms with Crippen molar-refractivity contribution in [1.29, 1.82) is 0 Å². The summed E-state index contributed by atoms with van der Waals surface area (Å²) in [5, 5.41) is 3.41. The quantitative estimate of drug-likeness (QED) is 0.873. The van der Waals surface area contributed by atoms with Crippen LogP contribution in [0.15, 0.2) is 18.3 Å². The van der Waals surface area contributed by atoms with Crippen molar-refractivity contribution in [2.45, 2.75) is 47.1 Å². The topological polar surface area (TPSA) is 40.7 Å². The predicted molar refractivity (Wildman–Crippen MR) is 85.1 cm³/mol. The number of aromatic nitrogens is 2. The van der Waals surface area contributed by atoms with E-state index in [-0.39, 0.29) is 0 Å². The lowest BCUT2D eigenvalue weighted by atomic mass is 9.98. The molecule has 3 nitrogen and oxygen atoms in total. The van der Waals surface area contributed by atoms with E-state index in [1.54, 1.807) is 0 Å². The van der Waals surface area contributed by atoms with Gasteiger partial charge < -0.3 is 10.3 Å². The molecule has 0 aliphatic rings. The maximum absolute atomic E-state index is 4.50. The fourth-order valence-electron chi connectivity index (χ4n) is 2.70. The van der Waals surface area contributed by atoms with Gasteiger partial charge in [-0.2, -0.15) is 0 Å². The number of hydrogen-bond donors (Lipinski definition) is 2. The number of aryl methyl sites for hydroxylation is 3. The number of nitrogens with one attached hydrogen (secondary N) is 2. The molecule has 0 unspecified atom stereocenters. The third-order valence-electron chi connectivity index (χ3n) is 3.49. The van der Waals surface area contributed by atoms with E-state index in [0.29, 0.717) is 6.04 Å². The van der Waals surface area contributed by atoms with Gasteiger partial charge in [-0.1, -0.05) is 31.5 Å². The maximum atomic E-state index is 4.50. The molecule has 108 valence electrons. The van der Waals surface area contributed by atoms with E-state index in [0.717, 1.165) is 24.5 Å². The summed E-state index contributed by atoms with van der Waals surface area (Å²) in [6.45, 7) is 11.7. The number of imidazole rings is 1. The summed E-state index contributed by atoms with van der Waals surface area (Å²) < 4.78 is 0. The van der Waals surface area contributed by atoms with Crippen LogP contribution in [0.3, 0.4) is 0 Å². The second kappa shape index (κ2) is 6.23. The Hall–Kier alpha value is -1.61. The molecule has 2 N–H and O–H groups in total. The lowest BCUT2D eigenvalue weighted by molar-refractivity contribution is 0.584. The Morgan fingerprint density at radius 1 is 1.15 bits per heavy atom. The minimum atomic E-state index is 0.519. The van der Waals surface area contributed by atoms with Crippen molar-refractivity contribution >= 4 is 0 Å². The van der Waals surface area contributed by atoms with E-state index in [1.165, 1.54) is 22.3 Å². The normalized spacial score (nSPS) is 11.3. The van der Waals surface area contributed by atoms with Crippen LogP contribution in [-0.4, -0.2) is 22.6 Å². The van der Waals surface area contributed by atoms with E-state index in [9.17, 15) is 0 Å². The van der Waals surface area contributed by atoms with Gasteiger partial charge in [-0.3, -0.25) is 0 Å². The fraction of sp³-hybridized carbons (Fsp3) is 0.471. The van der Waals surface area contributed by atoms with Crippen LogP contribution in [0, 0.1) is 20.8 Å². The Balaban J connectivity index is 2.17. The summed E-state index contributed by atoms with van der Waals surface area (Å²) in [5.41, 5.74) is 6.33. The van der Waals surface area contributed by atoms with Crippen molar-refractivity contribution in [3.05, 3.63) is 40.8 Å². The summed E-state index contributed by atoms with van der Waals surface area (Å²) in [4.78, 5) is 7.95. The first kappa shape index (κ1) is 14.8. The molecule has 0 amide bonds. The third kappa shape index (κ3) is 3.48. The van der Waals surface area contributed by atoms with E-state index in [2.05, 4.69) is 62.0 Å². The van der Waals surface area contributed by atoms with Gasteiger partial charge in [-0.05, 0) is 31.9 Å². The van der Waals surface area contributed by atoms with Crippen LogP contribution >= 0.6 is 0 Å². The lowest BCUT2D eigenvalue weighted by Gasteiger charge is -2.09. The molecule has 0 aliphatic heterocycles. The molecule has 0 fully saturated rings. The molecular weight excluding hydrogens is 246 g/mol. The molecule has 0 saturated heterocycles. The van der Waals surface area contributed by atoms with Crippen molar-refractivity contribution in [2.24, 2.45) is 0 Å². The molecular formula is C17H25N3. The van der Waals surface area contributed by atoms with Gasteiger partial charge >= 0.3 is 0 Å². The van der Waals surface area contributed by atoms with Gasteiger partial charge in [0, 0.05) is 24.6 Å². The predicted octanol–water partition coefficient (Wildman–Crippen LogP) is 3.54. The number of aromatic amines is 1. The Kier molecular flexibility index (Phi) is 4.61. The highest BCUT2D eigenvalue weighted by atomic mass is 14.9. The number of nitrogens with zero attached hydrogens (tertiary/aromatic N) is 1. The summed E-state index contributed by atoms with van der Waals surface area (Å²) in [6.07, 6.45) is 2.89. The average molecular weight is 271 g/mol. The molecule has 0 aliphatic carbocycles. The van der Waals surface area contributed by atoms with Gasteiger partial charge in [0.25, 0.3) is 0 Å². The van der Waals surface area contributed by atoms with Gasteiger partial charge in [-0.25, -0.2) is 4.98 Å². The molecule has 1 heterocycles. The van der Waals surface area contributed by atoms with Crippen LogP contribution in [0.2, 0.25) is 0 Å². The van der Waals surface area contributed by atoms with Crippen molar-refractivity contribution in [1.82, 2.24) is 15.3 Å². The number of H-pyrrole nitrogens is 1. The first-order valence-corrected chi connectivity index (χ1v) is 7.33. The Morgan fingerprint density at radius 3 is 2.40 bits per heavy atom. The molecule has 20 heavy (non-hydrogen) atoms. The first-order chi connectivity index (χ1) is 9.47. The van der Waals surface area contributed by atoms with E-state index < -0.39 is 0 Å². The van der Waals surface area contributed by atoms with Gasteiger partial charge in [0.1, 0.15) is 5.82 Å². The summed E-state index contributed by atoms with van der Waals surface area (Å²) >= 11 is 0. The molecule has 1 aromatic heterocycles. The Morgan fingerprint density at radius 2 is 1.80 bits per heavy atom. The molecule has 0 saturated carbocycles. The van der Waals surface area contributed by atoms with Crippen LogP contribution in [0.25, 0.3) is 11.3 Å². The minimum absolute atomic E-state index is 0.519. The number of rotatable bonds is 5. The van der Waals surface area contributed by atoms with E-state index in [4.69, 9.17) is 0 Å². The standard InChI is InChI=1S/C17H25N3/c1-11(2)18-7-6-16-19-10-15(20-16)17-13(4)8-12(3)9-14(17)5/h8-11,18H,6-7H2,1-5H3,(H,19,20). The van der Waals surface area contributed by atoms with Crippen molar-refractivity contribution < 1.29 is 0 Å². The SMILES string of the molecule is Cc1cc(C)c(-c2cnc(CCNC(C)C)[nH]2)c(C)c1. The number of benzene rings is 1. The van der Waals surface area contributed by atoms with E-state index >= 15 is 0 Å². The minimum Gasteiger partial charge on any atom is -0.342 e. The van der Waals surface area contributed by atoms with Crippen LogP contribution in [0.4, 0.5) is 0 Å². The van der Waals surface area contributed by atoms with Crippen molar-refractivity contribution in [3.63, 3.8) is 0 Å². The van der Waals surface area contributed by atoms with Crippen LogP contribution in [-0.2, 0) is 6.42 Å². The van der Waals surface area contributed by atoms with Crippen molar-refractivity contribution in [3.8, 4) is 11.3 Å². The zero-order valence-corrected chi connectivity index (χ0v) is 13.2. The molecule has 1 aromatic carbocycles. The number of hydrogen-bond acceptors (Lipinski definition) is 2. The van der Waals surface area contributed by atoms with Crippen LogP contribution in [0.5, 0.6) is 0 Å². The zero-order chi connectivity index (χ0) is 14.7. The molecule has 2 rings (SSSR count). The summed E-state index contributed by atoms with van der Waals surface area (Å²) in [6, 6.07) is 4.97. The molecule has 2 aromatic rings. The van der Waals surface area contributed by atoms with Gasteiger partial charge in [0.2, 0.25) is 0 Å². The highest BCUT2D eigenvalue weighted by molar-refractivity contribution is 5.67. The molecule has 3 heteroatoms. The van der Waals surface area contributed by atoms with Gasteiger partial charge in [0.05, 0.1) is 11.9 Å². The van der Waals surface area contributed by atoms with Crippen LogP contribution in [0.1, 0.15) is 36.4 Å². The third-order valence-corrected chi connectivity index (χ3v) is 3.49. The molecule has 0 bridgehead atoms. The largest absolute Gasteiger partial charge is 0.342 e. The molecule has 0 radical (unpaired) electrons. The van der Waals surface area contributed by atoms with Gasteiger partial charge in [-0.15, -0.1) is 0 Å². The molecule has 0 spiro atoms. The highest BCUT2D eigenvalue weighted by Crippen LogP contribution is 2.26. The fourth-order valence-corrected chi connectivity index (χ4v) is 2.70. The highest BCUT2D eigenvalue weighted by Gasteiger charge is 2.09. The van der Waals surface area contributed by atoms with Gasteiger partial charge in [0.15, 0.2) is 0 Å². The summed E-state index contributed by atoms with van der Waals surface area (Å²) in [7, 11) is 0. The second-order valence-corrected chi connectivity index (χ2v) is 5.88. The van der Waals surface area contributed by atoms with Crippen LogP contribution < -0.4 is 5.32 Å². The monoisotopic (exact) mass is 271 g/mol. The first-order valence-electron chi connectivity index (χ1n) is 7.33. The Bertz CT molecular complexity index is 559. The molecule has 0 atom stereocenters. The zero-order valence-electron chi connectivity index (χ0n) is 13.2. The summed E-state index contributed by atoms with van der Waals surface area (Å²) in [5.74, 6) is 1.05. The maximum Gasteiger partial charge on any atom is 0.107 e. The lowest BCUT2D eigenvalue weighted by Crippen LogP contribution is -2.25. The smallest absolute Gasteiger partial charge is 0.107 e. The average Bonchev–Trinajstić information content (AvgIpc) is 2.75. The second-order valence-electron chi connectivity index (χ2n) is 5.88. The van der Waals surface area contributed by atoms with E-state index in [1.807, 2.05) is 6.20 Å². The van der Waals surface area contributed by atoms with Crippen molar-refractivity contribution in [2.75, 3.05) is 6.54 Å². The Labute approximate surface area is 121 Å².